The Labute approximate surface area is 134 Å². The minimum Gasteiger partial charge on any atom is -0.320 e. The second-order valence-corrected chi connectivity index (χ2v) is 6.72. The van der Waals surface area contributed by atoms with E-state index < -0.39 is 0 Å². The van der Waals surface area contributed by atoms with Crippen molar-refractivity contribution in [2.75, 3.05) is 11.9 Å². The quantitative estimate of drug-likeness (QED) is 0.837. The van der Waals surface area contributed by atoms with E-state index in [4.69, 9.17) is 11.6 Å². The maximum atomic E-state index is 12.4. The first kappa shape index (κ1) is 15.9. The SMILES string of the molecule is CCN(Cc1ccc(Cl)s1)C(=O)Nc1c(C)cccc1C. The van der Waals surface area contributed by atoms with Gasteiger partial charge in [0, 0.05) is 17.1 Å². The van der Waals surface area contributed by atoms with Gasteiger partial charge in [-0.2, -0.15) is 0 Å². The Balaban J connectivity index is 2.10. The Morgan fingerprint density at radius 3 is 2.43 bits per heavy atom. The first-order valence-electron chi connectivity index (χ1n) is 6.87. The van der Waals surface area contributed by atoms with Crippen LogP contribution < -0.4 is 5.32 Å². The van der Waals surface area contributed by atoms with Crippen LogP contribution >= 0.6 is 22.9 Å². The first-order valence-corrected chi connectivity index (χ1v) is 8.07. The highest BCUT2D eigenvalue weighted by atomic mass is 35.5. The number of carbonyl (C=O) groups is 1. The average molecular weight is 323 g/mol. The smallest absolute Gasteiger partial charge is 0.320 e. The molecule has 0 saturated heterocycles. The minimum atomic E-state index is -0.0839. The summed E-state index contributed by atoms with van der Waals surface area (Å²) in [5.41, 5.74) is 3.03. The summed E-state index contributed by atoms with van der Waals surface area (Å²) in [4.78, 5) is 15.3. The van der Waals surface area contributed by atoms with Gasteiger partial charge in [-0.15, -0.1) is 11.3 Å². The fourth-order valence-corrected chi connectivity index (χ4v) is 3.25. The molecule has 3 nitrogen and oxygen atoms in total. The molecule has 0 radical (unpaired) electrons. The molecule has 1 N–H and O–H groups in total. The number of hydrogen-bond donors (Lipinski definition) is 1. The molecular formula is C16H19ClN2OS. The van der Waals surface area contributed by atoms with Crippen molar-refractivity contribution in [2.24, 2.45) is 0 Å². The van der Waals surface area contributed by atoms with Crippen LogP contribution in [-0.2, 0) is 6.54 Å². The number of nitrogens with one attached hydrogen (secondary N) is 1. The monoisotopic (exact) mass is 322 g/mol. The Morgan fingerprint density at radius 1 is 1.24 bits per heavy atom. The highest BCUT2D eigenvalue weighted by Crippen LogP contribution is 2.24. The van der Waals surface area contributed by atoms with E-state index in [-0.39, 0.29) is 6.03 Å². The lowest BCUT2D eigenvalue weighted by Crippen LogP contribution is -2.34. The maximum absolute atomic E-state index is 12.4. The van der Waals surface area contributed by atoms with Gasteiger partial charge in [0.15, 0.2) is 0 Å². The van der Waals surface area contributed by atoms with Crippen molar-refractivity contribution in [1.29, 1.82) is 0 Å². The standard InChI is InChI=1S/C16H19ClN2OS/c1-4-19(10-13-8-9-14(17)21-13)16(20)18-15-11(2)6-5-7-12(15)3/h5-9H,4,10H2,1-3H3,(H,18,20). The minimum absolute atomic E-state index is 0.0839. The van der Waals surface area contributed by atoms with Crippen molar-refractivity contribution in [1.82, 2.24) is 4.90 Å². The van der Waals surface area contributed by atoms with Crippen LogP contribution in [0.4, 0.5) is 10.5 Å². The van der Waals surface area contributed by atoms with Crippen molar-refractivity contribution in [3.8, 4) is 0 Å². The van der Waals surface area contributed by atoms with Gasteiger partial charge < -0.3 is 10.2 Å². The van der Waals surface area contributed by atoms with Crippen LogP contribution in [0.15, 0.2) is 30.3 Å². The molecule has 0 aliphatic heterocycles. The number of nitrogens with zero attached hydrogens (tertiary/aromatic N) is 1. The Hall–Kier alpha value is -1.52. The van der Waals surface area contributed by atoms with Crippen molar-refractivity contribution < 1.29 is 4.79 Å². The highest BCUT2D eigenvalue weighted by molar-refractivity contribution is 7.16. The summed E-state index contributed by atoms with van der Waals surface area (Å²) < 4.78 is 0.746. The fraction of sp³-hybridized carbons (Fsp3) is 0.312. The van der Waals surface area contributed by atoms with Crippen LogP contribution in [0.2, 0.25) is 4.34 Å². The number of hydrogen-bond acceptors (Lipinski definition) is 2. The molecule has 0 unspecified atom stereocenters. The van der Waals surface area contributed by atoms with Crippen LogP contribution in [-0.4, -0.2) is 17.5 Å². The van der Waals surface area contributed by atoms with Gasteiger partial charge in [-0.3, -0.25) is 0 Å². The van der Waals surface area contributed by atoms with Crippen molar-refractivity contribution in [3.05, 3.63) is 50.7 Å². The van der Waals surface area contributed by atoms with Gasteiger partial charge in [0.2, 0.25) is 0 Å². The van der Waals surface area contributed by atoms with Crippen molar-refractivity contribution in [2.45, 2.75) is 27.3 Å². The van der Waals surface area contributed by atoms with Crippen LogP contribution in [0.1, 0.15) is 22.9 Å². The van der Waals surface area contributed by atoms with E-state index in [2.05, 4.69) is 5.32 Å². The van der Waals surface area contributed by atoms with Gasteiger partial charge in [-0.05, 0) is 44.0 Å². The molecule has 21 heavy (non-hydrogen) atoms. The van der Waals surface area contributed by atoms with E-state index in [0.717, 1.165) is 26.0 Å². The zero-order valence-electron chi connectivity index (χ0n) is 12.4. The summed E-state index contributed by atoms with van der Waals surface area (Å²) in [5, 5.41) is 3.02. The molecule has 1 aromatic carbocycles. The van der Waals surface area contributed by atoms with E-state index in [1.54, 1.807) is 4.90 Å². The number of benzene rings is 1. The van der Waals surface area contributed by atoms with Gasteiger partial charge in [0.25, 0.3) is 0 Å². The number of urea groups is 1. The Bertz CT molecular complexity index is 619. The van der Waals surface area contributed by atoms with Crippen LogP contribution in [0.3, 0.4) is 0 Å². The fourth-order valence-electron chi connectivity index (χ4n) is 2.15. The maximum Gasteiger partial charge on any atom is 0.322 e. The van der Waals surface area contributed by atoms with Gasteiger partial charge in [-0.1, -0.05) is 29.8 Å². The van der Waals surface area contributed by atoms with Gasteiger partial charge in [-0.25, -0.2) is 4.79 Å². The number of anilines is 1. The zero-order valence-corrected chi connectivity index (χ0v) is 14.0. The molecule has 5 heteroatoms. The topological polar surface area (TPSA) is 32.3 Å². The van der Waals surface area contributed by atoms with E-state index in [0.29, 0.717) is 13.1 Å². The number of carbonyl (C=O) groups excluding carboxylic acids is 1. The molecule has 0 aliphatic carbocycles. The largest absolute Gasteiger partial charge is 0.322 e. The molecule has 0 saturated carbocycles. The summed E-state index contributed by atoms with van der Waals surface area (Å²) in [7, 11) is 0. The summed E-state index contributed by atoms with van der Waals surface area (Å²) in [5.74, 6) is 0. The molecule has 2 rings (SSSR count). The lowest BCUT2D eigenvalue weighted by molar-refractivity contribution is 0.212. The van der Waals surface area contributed by atoms with E-state index in [1.165, 1.54) is 11.3 Å². The first-order chi connectivity index (χ1) is 10.0. The predicted octanol–water partition coefficient (Wildman–Crippen LogP) is 5.07. The lowest BCUT2D eigenvalue weighted by Gasteiger charge is -2.22. The van der Waals surface area contributed by atoms with Gasteiger partial charge in [0.1, 0.15) is 0 Å². The highest BCUT2D eigenvalue weighted by Gasteiger charge is 2.15. The molecule has 2 aromatic rings. The van der Waals surface area contributed by atoms with E-state index >= 15 is 0 Å². The molecule has 0 fully saturated rings. The van der Waals surface area contributed by atoms with Crippen molar-refractivity contribution in [3.63, 3.8) is 0 Å². The molecule has 0 spiro atoms. The predicted molar refractivity (Wildman–Crippen MR) is 90.3 cm³/mol. The van der Waals surface area contributed by atoms with Crippen LogP contribution in [0, 0.1) is 13.8 Å². The third-order valence-electron chi connectivity index (χ3n) is 3.36. The number of rotatable bonds is 4. The van der Waals surface area contributed by atoms with Crippen LogP contribution in [0.5, 0.6) is 0 Å². The third-order valence-corrected chi connectivity index (χ3v) is 4.57. The normalized spacial score (nSPS) is 10.5. The zero-order chi connectivity index (χ0) is 15.4. The molecule has 112 valence electrons. The number of aryl methyl sites for hydroxylation is 2. The van der Waals surface area contributed by atoms with E-state index in [9.17, 15) is 4.79 Å². The third kappa shape index (κ3) is 3.99. The second-order valence-electron chi connectivity index (χ2n) is 4.92. The summed E-state index contributed by atoms with van der Waals surface area (Å²) in [6.45, 7) is 7.19. The molecule has 2 amide bonds. The number of halogens is 1. The van der Waals surface area contributed by atoms with Gasteiger partial charge >= 0.3 is 6.03 Å². The molecule has 1 aromatic heterocycles. The molecule has 1 heterocycles. The summed E-state index contributed by atoms with van der Waals surface area (Å²) in [6.07, 6.45) is 0. The Morgan fingerprint density at radius 2 is 1.90 bits per heavy atom. The number of thiophene rings is 1. The summed E-state index contributed by atoms with van der Waals surface area (Å²) in [6, 6.07) is 9.72. The Kier molecular flexibility index (Phi) is 5.26. The molecule has 0 atom stereocenters. The lowest BCUT2D eigenvalue weighted by atomic mass is 10.1. The second kappa shape index (κ2) is 6.96. The average Bonchev–Trinajstić information content (AvgIpc) is 2.85. The molecular weight excluding hydrogens is 304 g/mol. The van der Waals surface area contributed by atoms with E-state index in [1.807, 2.05) is 51.1 Å². The van der Waals surface area contributed by atoms with Gasteiger partial charge in [0.05, 0.1) is 10.9 Å². The van der Waals surface area contributed by atoms with Crippen LogP contribution in [0.25, 0.3) is 0 Å². The molecule has 0 aliphatic rings. The van der Waals surface area contributed by atoms with Crippen molar-refractivity contribution >= 4 is 34.7 Å². The summed E-state index contributed by atoms with van der Waals surface area (Å²) >= 11 is 7.44. The molecule has 0 bridgehead atoms. The number of para-hydroxylation sites is 1. The number of amides is 2.